The van der Waals surface area contributed by atoms with E-state index in [2.05, 4.69) is 4.98 Å². The van der Waals surface area contributed by atoms with Gasteiger partial charge in [-0.05, 0) is 6.07 Å². The topological polar surface area (TPSA) is 146 Å². The van der Waals surface area contributed by atoms with Gasteiger partial charge in [-0.1, -0.05) is 0 Å². The molecule has 2 aliphatic heterocycles. The minimum absolute atomic E-state index is 0.0379. The number of nitrogens with zero attached hydrogens (tertiary/aromatic N) is 2. The van der Waals surface area contributed by atoms with Gasteiger partial charge < -0.3 is 20.5 Å². The average Bonchev–Trinajstić information content (AvgIpc) is 2.83. The van der Waals surface area contributed by atoms with Gasteiger partial charge >= 0.3 is 13.5 Å². The first-order valence-corrected chi connectivity index (χ1v) is 7.21. The van der Waals surface area contributed by atoms with Gasteiger partial charge in [0.1, 0.15) is 24.1 Å². The van der Waals surface area contributed by atoms with Gasteiger partial charge in [0.2, 0.25) is 0 Å². The third kappa shape index (κ3) is 2.16. The second kappa shape index (κ2) is 4.62. The number of phosphoric acid groups is 1. The summed E-state index contributed by atoms with van der Waals surface area (Å²) in [5.74, 6) is 0.0379. The van der Waals surface area contributed by atoms with E-state index < -0.39 is 44.7 Å². The van der Waals surface area contributed by atoms with Crippen LogP contribution in [0.2, 0.25) is 0 Å². The van der Waals surface area contributed by atoms with Gasteiger partial charge in [0.15, 0.2) is 6.23 Å². The highest BCUT2D eigenvalue weighted by Crippen LogP contribution is 2.58. The van der Waals surface area contributed by atoms with Crippen LogP contribution in [0.5, 0.6) is 0 Å². The zero-order valence-electron chi connectivity index (χ0n) is 10.0. The molecule has 0 spiro atoms. The third-order valence-corrected chi connectivity index (χ3v) is 4.12. The van der Waals surface area contributed by atoms with Gasteiger partial charge in [-0.25, -0.2) is 9.36 Å². The van der Waals surface area contributed by atoms with Gasteiger partial charge in [0, 0.05) is 6.20 Å². The Bertz CT molecular complexity index is 634. The van der Waals surface area contributed by atoms with E-state index in [-0.39, 0.29) is 5.82 Å². The molecule has 0 amide bonds. The Balaban J connectivity index is 1.98. The molecule has 4 N–H and O–H groups in total. The number of ether oxygens (including phenoxy) is 1. The van der Waals surface area contributed by atoms with Crippen LogP contribution in [0.1, 0.15) is 6.23 Å². The molecule has 0 radical (unpaired) electrons. The molecule has 20 heavy (non-hydrogen) atoms. The number of fused-ring (bicyclic) bond motifs is 1. The van der Waals surface area contributed by atoms with Crippen molar-refractivity contribution in [1.29, 1.82) is 0 Å². The highest BCUT2D eigenvalue weighted by molar-refractivity contribution is 7.47. The molecule has 2 aliphatic rings. The van der Waals surface area contributed by atoms with Gasteiger partial charge in [-0.15, -0.1) is 0 Å². The number of aliphatic hydroxyl groups excluding tert-OH is 1. The van der Waals surface area contributed by atoms with Crippen LogP contribution in [0.3, 0.4) is 0 Å². The number of hydrogen-bond donors (Lipinski definition) is 3. The van der Waals surface area contributed by atoms with Crippen LogP contribution in [-0.4, -0.2) is 44.5 Å². The largest absolute Gasteiger partial charge is 0.473 e. The Morgan fingerprint density at radius 3 is 2.80 bits per heavy atom. The van der Waals surface area contributed by atoms with Crippen LogP contribution < -0.4 is 11.4 Å². The maximum Gasteiger partial charge on any atom is 0.473 e. The molecule has 10 nitrogen and oxygen atoms in total. The van der Waals surface area contributed by atoms with Gasteiger partial charge in [0.25, 0.3) is 0 Å². The maximum atomic E-state index is 11.8. The summed E-state index contributed by atoms with van der Waals surface area (Å²) in [6, 6.07) is 1.38. The van der Waals surface area contributed by atoms with E-state index in [4.69, 9.17) is 19.5 Å². The Morgan fingerprint density at radius 1 is 1.45 bits per heavy atom. The molecule has 1 aromatic heterocycles. The van der Waals surface area contributed by atoms with Crippen molar-refractivity contribution in [2.45, 2.75) is 24.5 Å². The van der Waals surface area contributed by atoms with Crippen molar-refractivity contribution < 1.29 is 28.3 Å². The monoisotopic (exact) mass is 305 g/mol. The lowest BCUT2D eigenvalue weighted by atomic mass is 10.1. The summed E-state index contributed by atoms with van der Waals surface area (Å²) >= 11 is 0. The Hall–Kier alpha value is -1.29. The number of nitrogen functional groups attached to an aromatic ring is 1. The van der Waals surface area contributed by atoms with Gasteiger partial charge in [-0.2, -0.15) is 4.98 Å². The maximum absolute atomic E-state index is 11.8. The fraction of sp³-hybridized carbons (Fsp3) is 0.556. The minimum Gasteiger partial charge on any atom is -0.394 e. The molecule has 1 aromatic rings. The molecule has 3 rings (SSSR count). The van der Waals surface area contributed by atoms with Crippen molar-refractivity contribution in [1.82, 2.24) is 9.55 Å². The molecule has 2 fully saturated rings. The Morgan fingerprint density at radius 2 is 2.15 bits per heavy atom. The number of phosphoric ester groups is 1. The van der Waals surface area contributed by atoms with Crippen molar-refractivity contribution >= 4 is 13.6 Å². The highest BCUT2D eigenvalue weighted by Gasteiger charge is 2.57. The molecule has 2 saturated heterocycles. The van der Waals surface area contributed by atoms with Crippen molar-refractivity contribution in [2.75, 3.05) is 12.3 Å². The number of anilines is 1. The molecular formula is C9H12N3O7P. The smallest absolute Gasteiger partial charge is 0.394 e. The first-order chi connectivity index (χ1) is 9.41. The first-order valence-electron chi connectivity index (χ1n) is 5.72. The summed E-state index contributed by atoms with van der Waals surface area (Å²) in [5, 5.41) is 9.21. The zero-order valence-corrected chi connectivity index (χ0v) is 10.9. The van der Waals surface area contributed by atoms with Crippen LogP contribution in [-0.2, 0) is 18.3 Å². The minimum atomic E-state index is -4.21. The molecule has 0 aliphatic carbocycles. The summed E-state index contributed by atoms with van der Waals surface area (Å²) in [6.07, 6.45) is -2.51. The number of rotatable bonds is 2. The van der Waals surface area contributed by atoms with Gasteiger partial charge in [0.05, 0.1) is 6.61 Å². The van der Waals surface area contributed by atoms with E-state index >= 15 is 0 Å². The second-order valence-corrected chi connectivity index (χ2v) is 5.76. The summed E-state index contributed by atoms with van der Waals surface area (Å²) in [5.41, 5.74) is 4.69. The predicted molar refractivity (Wildman–Crippen MR) is 63.5 cm³/mol. The molecule has 0 aromatic carbocycles. The fourth-order valence-corrected chi connectivity index (χ4v) is 3.42. The summed E-state index contributed by atoms with van der Waals surface area (Å²) in [7, 11) is -4.21. The van der Waals surface area contributed by atoms with Crippen molar-refractivity contribution in [3.8, 4) is 0 Å². The molecule has 5 unspecified atom stereocenters. The molecule has 110 valence electrons. The Kier molecular flexibility index (Phi) is 3.16. The van der Waals surface area contributed by atoms with Crippen LogP contribution >= 0.6 is 7.82 Å². The van der Waals surface area contributed by atoms with E-state index in [1.54, 1.807) is 0 Å². The normalized spacial score (nSPS) is 39.9. The van der Waals surface area contributed by atoms with Gasteiger partial charge in [-0.3, -0.25) is 13.6 Å². The quantitative estimate of drug-likeness (QED) is 0.561. The van der Waals surface area contributed by atoms with Crippen LogP contribution in [0.4, 0.5) is 5.82 Å². The molecule has 3 heterocycles. The van der Waals surface area contributed by atoms with Crippen LogP contribution in [0, 0.1) is 0 Å². The van der Waals surface area contributed by atoms with Crippen molar-refractivity contribution in [3.05, 3.63) is 22.7 Å². The van der Waals surface area contributed by atoms with Crippen LogP contribution in [0.25, 0.3) is 0 Å². The predicted octanol–water partition coefficient (Wildman–Crippen LogP) is -1.40. The lowest BCUT2D eigenvalue weighted by Crippen LogP contribution is -2.34. The van der Waals surface area contributed by atoms with Crippen molar-refractivity contribution in [2.24, 2.45) is 0 Å². The molecular weight excluding hydrogens is 293 g/mol. The van der Waals surface area contributed by atoms with E-state index in [1.165, 1.54) is 12.3 Å². The number of hydrogen-bond acceptors (Lipinski definition) is 8. The molecule has 11 heteroatoms. The van der Waals surface area contributed by atoms with E-state index in [1.807, 2.05) is 0 Å². The third-order valence-electron chi connectivity index (χ3n) is 3.10. The number of aromatic nitrogens is 2. The highest BCUT2D eigenvalue weighted by atomic mass is 31.2. The SMILES string of the molecule is Nc1ccn(C2OC(CO)C3OP(=O)(O)OC32)c(=O)n1. The van der Waals surface area contributed by atoms with Crippen molar-refractivity contribution in [3.63, 3.8) is 0 Å². The van der Waals surface area contributed by atoms with Crippen LogP contribution in [0.15, 0.2) is 17.1 Å². The standard InChI is InChI=1S/C9H12N3O7P/c10-5-1-2-12(9(14)11-5)8-7-6(4(3-13)17-8)18-20(15,16)19-7/h1-2,4,6-8,13H,3H2,(H,15,16)(H2,10,11,14). The van der Waals surface area contributed by atoms with E-state index in [0.717, 1.165) is 4.57 Å². The molecule has 5 atom stereocenters. The zero-order chi connectivity index (χ0) is 14.5. The number of nitrogens with two attached hydrogens (primary N) is 1. The average molecular weight is 305 g/mol. The summed E-state index contributed by atoms with van der Waals surface area (Å²) < 4.78 is 27.7. The Labute approximate surface area is 112 Å². The number of aliphatic hydroxyl groups is 1. The second-order valence-electron chi connectivity index (χ2n) is 4.40. The summed E-state index contributed by atoms with van der Waals surface area (Å²) in [6.45, 7) is -0.446. The fourth-order valence-electron chi connectivity index (χ4n) is 2.27. The lowest BCUT2D eigenvalue weighted by Gasteiger charge is -2.18. The van der Waals surface area contributed by atoms with E-state index in [0.29, 0.717) is 0 Å². The summed E-state index contributed by atoms with van der Waals surface area (Å²) in [4.78, 5) is 24.7. The van der Waals surface area contributed by atoms with E-state index in [9.17, 15) is 19.4 Å². The first kappa shape index (κ1) is 13.7. The molecule has 0 saturated carbocycles. The molecule has 0 bridgehead atoms. The lowest BCUT2D eigenvalue weighted by molar-refractivity contribution is -0.0624.